The Morgan fingerprint density at radius 1 is 1.07 bits per heavy atom. The smallest absolute Gasteiger partial charge is 0.419 e. The zero-order valence-electron chi connectivity index (χ0n) is 16.5. The lowest BCUT2D eigenvalue weighted by atomic mass is 10.1. The second-order valence-corrected chi connectivity index (χ2v) is 7.86. The van der Waals surface area contributed by atoms with E-state index in [-0.39, 0.29) is 12.1 Å². The van der Waals surface area contributed by atoms with Crippen molar-refractivity contribution in [1.82, 2.24) is 9.88 Å². The lowest BCUT2D eigenvalue weighted by Gasteiger charge is -2.19. The van der Waals surface area contributed by atoms with Gasteiger partial charge in [0.15, 0.2) is 0 Å². The van der Waals surface area contributed by atoms with Crippen LogP contribution in [-0.4, -0.2) is 22.8 Å². The van der Waals surface area contributed by atoms with E-state index in [2.05, 4.69) is 42.6 Å². The molecule has 0 radical (unpaired) electrons. The highest BCUT2D eigenvalue weighted by atomic mass is 16.6. The molecule has 0 unspecified atom stereocenters. The monoisotopic (exact) mass is 364 g/mol. The molecule has 0 saturated heterocycles. The maximum Gasteiger partial charge on any atom is 0.419 e. The van der Waals surface area contributed by atoms with Crippen molar-refractivity contribution in [3.8, 4) is 0 Å². The van der Waals surface area contributed by atoms with Crippen LogP contribution in [0.15, 0.2) is 60.8 Å². The standard InChI is InChI=1S/C23H28N2O2/c1-17(18-10-6-5-7-11-18)24-15-14-19-16-25(22(26)27-23(2,3)4)21-13-9-8-12-20(19)21/h5-13,16-17,24H,14-15H2,1-4H3/t17-/m0/s1. The Labute approximate surface area is 161 Å². The molecule has 4 heteroatoms. The highest BCUT2D eigenvalue weighted by molar-refractivity contribution is 5.92. The van der Waals surface area contributed by atoms with Gasteiger partial charge in [0.25, 0.3) is 0 Å². The molecule has 0 saturated carbocycles. The Morgan fingerprint density at radius 3 is 2.44 bits per heavy atom. The quantitative estimate of drug-likeness (QED) is 0.666. The van der Waals surface area contributed by atoms with Gasteiger partial charge in [0, 0.05) is 17.6 Å². The number of benzene rings is 2. The van der Waals surface area contributed by atoms with Crippen LogP contribution in [0.3, 0.4) is 0 Å². The van der Waals surface area contributed by atoms with Crippen LogP contribution in [0.2, 0.25) is 0 Å². The summed E-state index contributed by atoms with van der Waals surface area (Å²) in [6, 6.07) is 18.7. The van der Waals surface area contributed by atoms with Gasteiger partial charge in [0.1, 0.15) is 5.60 Å². The minimum absolute atomic E-state index is 0.283. The molecule has 2 aromatic carbocycles. The van der Waals surface area contributed by atoms with Gasteiger partial charge in [-0.05, 0) is 57.9 Å². The van der Waals surface area contributed by atoms with E-state index in [1.54, 1.807) is 4.57 Å². The van der Waals surface area contributed by atoms with E-state index >= 15 is 0 Å². The molecule has 27 heavy (non-hydrogen) atoms. The summed E-state index contributed by atoms with van der Waals surface area (Å²) < 4.78 is 7.18. The Hall–Kier alpha value is -2.59. The molecule has 1 heterocycles. The van der Waals surface area contributed by atoms with Gasteiger partial charge in [-0.25, -0.2) is 4.79 Å². The fourth-order valence-electron chi connectivity index (χ4n) is 3.19. The Bertz CT molecular complexity index is 907. The van der Waals surface area contributed by atoms with Crippen molar-refractivity contribution in [1.29, 1.82) is 0 Å². The molecule has 1 N–H and O–H groups in total. The lowest BCUT2D eigenvalue weighted by molar-refractivity contribution is 0.0544. The number of hydrogen-bond acceptors (Lipinski definition) is 3. The van der Waals surface area contributed by atoms with E-state index in [1.807, 2.05) is 51.2 Å². The topological polar surface area (TPSA) is 43.3 Å². The number of nitrogens with one attached hydrogen (secondary N) is 1. The minimum atomic E-state index is -0.519. The van der Waals surface area contributed by atoms with E-state index in [0.29, 0.717) is 0 Å². The second kappa shape index (κ2) is 7.97. The number of carbonyl (C=O) groups is 1. The van der Waals surface area contributed by atoms with Gasteiger partial charge < -0.3 is 10.1 Å². The highest BCUT2D eigenvalue weighted by Crippen LogP contribution is 2.23. The average molecular weight is 364 g/mol. The Balaban J connectivity index is 1.74. The third-order valence-corrected chi connectivity index (χ3v) is 4.53. The second-order valence-electron chi connectivity index (χ2n) is 7.86. The molecule has 142 valence electrons. The number of hydrogen-bond donors (Lipinski definition) is 1. The molecule has 3 aromatic rings. The van der Waals surface area contributed by atoms with Crippen molar-refractivity contribution in [3.63, 3.8) is 0 Å². The van der Waals surface area contributed by atoms with Gasteiger partial charge >= 0.3 is 6.09 Å². The molecule has 0 bridgehead atoms. The van der Waals surface area contributed by atoms with Crippen LogP contribution < -0.4 is 5.32 Å². The predicted molar refractivity (Wildman–Crippen MR) is 110 cm³/mol. The first-order valence-corrected chi connectivity index (χ1v) is 9.46. The molecule has 4 nitrogen and oxygen atoms in total. The van der Waals surface area contributed by atoms with Gasteiger partial charge in [0.05, 0.1) is 5.52 Å². The third-order valence-electron chi connectivity index (χ3n) is 4.53. The van der Waals surface area contributed by atoms with Crippen molar-refractivity contribution >= 4 is 17.0 Å². The van der Waals surface area contributed by atoms with Crippen LogP contribution in [-0.2, 0) is 11.2 Å². The van der Waals surface area contributed by atoms with Gasteiger partial charge in [-0.3, -0.25) is 4.57 Å². The van der Waals surface area contributed by atoms with E-state index in [0.717, 1.165) is 29.4 Å². The predicted octanol–water partition coefficient (Wildman–Crippen LogP) is 5.32. The number of ether oxygens (including phenoxy) is 1. The van der Waals surface area contributed by atoms with E-state index in [1.165, 1.54) is 5.56 Å². The molecule has 1 aromatic heterocycles. The first-order valence-electron chi connectivity index (χ1n) is 9.46. The summed E-state index contributed by atoms with van der Waals surface area (Å²) in [5, 5.41) is 4.66. The van der Waals surface area contributed by atoms with Crippen molar-refractivity contribution in [2.24, 2.45) is 0 Å². The number of carbonyl (C=O) groups excluding carboxylic acids is 1. The number of para-hydroxylation sites is 1. The molecule has 0 fully saturated rings. The first-order chi connectivity index (χ1) is 12.8. The molecule has 0 aliphatic rings. The van der Waals surface area contributed by atoms with Crippen LogP contribution in [0.25, 0.3) is 10.9 Å². The Morgan fingerprint density at radius 2 is 1.74 bits per heavy atom. The molecule has 0 amide bonds. The number of fused-ring (bicyclic) bond motifs is 1. The summed E-state index contributed by atoms with van der Waals surface area (Å²) in [7, 11) is 0. The van der Waals surface area contributed by atoms with Gasteiger partial charge in [-0.15, -0.1) is 0 Å². The summed E-state index contributed by atoms with van der Waals surface area (Å²) >= 11 is 0. The summed E-state index contributed by atoms with van der Waals surface area (Å²) in [6.07, 6.45) is 2.41. The molecule has 0 spiro atoms. The largest absolute Gasteiger partial charge is 0.443 e. The van der Waals surface area contributed by atoms with Gasteiger partial charge in [-0.1, -0.05) is 48.5 Å². The number of nitrogens with zero attached hydrogens (tertiary/aromatic N) is 1. The molecule has 3 rings (SSSR count). The van der Waals surface area contributed by atoms with E-state index in [4.69, 9.17) is 4.74 Å². The van der Waals surface area contributed by atoms with Crippen molar-refractivity contribution in [2.75, 3.05) is 6.54 Å². The van der Waals surface area contributed by atoms with E-state index < -0.39 is 5.60 Å². The number of aromatic nitrogens is 1. The Kier molecular flexibility index (Phi) is 5.66. The van der Waals surface area contributed by atoms with Crippen LogP contribution in [0.1, 0.15) is 44.9 Å². The fourth-order valence-corrected chi connectivity index (χ4v) is 3.19. The third kappa shape index (κ3) is 4.77. The maximum absolute atomic E-state index is 12.6. The minimum Gasteiger partial charge on any atom is -0.443 e. The normalized spacial score (nSPS) is 12.9. The highest BCUT2D eigenvalue weighted by Gasteiger charge is 2.20. The van der Waals surface area contributed by atoms with Crippen LogP contribution in [0, 0.1) is 0 Å². The van der Waals surface area contributed by atoms with E-state index in [9.17, 15) is 4.79 Å². The SMILES string of the molecule is C[C@H](NCCc1cn(C(=O)OC(C)(C)C)c2ccccc12)c1ccccc1. The number of rotatable bonds is 5. The summed E-state index contributed by atoms with van der Waals surface area (Å²) in [5.41, 5.74) is 2.78. The van der Waals surface area contributed by atoms with Crippen LogP contribution >= 0.6 is 0 Å². The molecule has 1 atom stereocenters. The molecular weight excluding hydrogens is 336 g/mol. The molecule has 0 aliphatic heterocycles. The average Bonchev–Trinajstić information content (AvgIpc) is 3.00. The summed E-state index contributed by atoms with van der Waals surface area (Å²) in [4.78, 5) is 12.6. The molecule has 0 aliphatic carbocycles. The maximum atomic E-state index is 12.6. The van der Waals surface area contributed by atoms with Crippen molar-refractivity contribution < 1.29 is 9.53 Å². The zero-order valence-corrected chi connectivity index (χ0v) is 16.5. The van der Waals surface area contributed by atoms with Crippen LogP contribution in [0.5, 0.6) is 0 Å². The lowest BCUT2D eigenvalue weighted by Crippen LogP contribution is -2.26. The van der Waals surface area contributed by atoms with Crippen molar-refractivity contribution in [3.05, 3.63) is 71.9 Å². The van der Waals surface area contributed by atoms with Crippen LogP contribution in [0.4, 0.5) is 4.79 Å². The molecular formula is C23H28N2O2. The first kappa shape index (κ1) is 19.2. The summed E-state index contributed by atoms with van der Waals surface area (Å²) in [6.45, 7) is 8.64. The zero-order chi connectivity index (χ0) is 19.4. The van der Waals surface area contributed by atoms with Gasteiger partial charge in [-0.2, -0.15) is 0 Å². The fraction of sp³-hybridized carbons (Fsp3) is 0.348. The van der Waals surface area contributed by atoms with Gasteiger partial charge in [0.2, 0.25) is 0 Å². The van der Waals surface area contributed by atoms with Crippen molar-refractivity contribution in [2.45, 2.75) is 45.8 Å². The summed E-state index contributed by atoms with van der Waals surface area (Å²) in [5.74, 6) is 0.